The van der Waals surface area contributed by atoms with Crippen LogP contribution in [0.15, 0.2) is 66.7 Å². The summed E-state index contributed by atoms with van der Waals surface area (Å²) in [6.45, 7) is 0.410. The number of amides is 1. The fraction of sp³-hybridized carbons (Fsp3) is 0.0952. The molecule has 0 atom stereocenters. The summed E-state index contributed by atoms with van der Waals surface area (Å²) >= 11 is 6.21. The van der Waals surface area contributed by atoms with Gasteiger partial charge in [0.15, 0.2) is 0 Å². The molecule has 0 bridgehead atoms. The summed E-state index contributed by atoms with van der Waals surface area (Å²) in [4.78, 5) is 11.1. The number of hydrogen-bond acceptors (Lipinski definition) is 3. The zero-order valence-electron chi connectivity index (χ0n) is 14.2. The maximum absolute atomic E-state index is 11.1. The molecule has 4 nitrogen and oxygen atoms in total. The number of methoxy groups -OCH3 is 1. The van der Waals surface area contributed by atoms with E-state index in [-0.39, 0.29) is 0 Å². The number of nitrogens with two attached hydrogens (primary N) is 1. The van der Waals surface area contributed by atoms with Crippen molar-refractivity contribution in [3.8, 4) is 22.6 Å². The lowest BCUT2D eigenvalue weighted by Crippen LogP contribution is -2.10. The second-order valence-corrected chi connectivity index (χ2v) is 6.13. The van der Waals surface area contributed by atoms with Crippen LogP contribution in [0.1, 0.15) is 15.9 Å². The highest BCUT2D eigenvalue weighted by Crippen LogP contribution is 2.30. The lowest BCUT2D eigenvalue weighted by molar-refractivity contribution is 0.1000. The molecule has 5 heteroatoms. The highest BCUT2D eigenvalue weighted by molar-refractivity contribution is 6.32. The second-order valence-electron chi connectivity index (χ2n) is 5.73. The Balaban J connectivity index is 1.73. The van der Waals surface area contributed by atoms with Crippen molar-refractivity contribution >= 4 is 17.5 Å². The van der Waals surface area contributed by atoms with Crippen molar-refractivity contribution in [1.82, 2.24) is 0 Å². The fourth-order valence-corrected chi connectivity index (χ4v) is 2.83. The summed E-state index contributed by atoms with van der Waals surface area (Å²) in [5, 5.41) is 0.571. The lowest BCUT2D eigenvalue weighted by atomic mass is 10.0. The van der Waals surface area contributed by atoms with Crippen molar-refractivity contribution in [2.24, 2.45) is 5.73 Å². The molecular formula is C21H18ClNO3. The maximum atomic E-state index is 11.1. The van der Waals surface area contributed by atoms with Crippen LogP contribution in [0.3, 0.4) is 0 Å². The SMILES string of the molecule is COc1ccc(-c2cccc(COc3ccc(C(N)=O)cc3)c2)cc1Cl. The number of rotatable bonds is 6. The highest BCUT2D eigenvalue weighted by Gasteiger charge is 2.06. The van der Waals surface area contributed by atoms with Crippen LogP contribution in [0, 0.1) is 0 Å². The molecule has 3 rings (SSSR count). The van der Waals surface area contributed by atoms with E-state index in [1.807, 2.05) is 36.4 Å². The van der Waals surface area contributed by atoms with Crippen LogP contribution in [0.4, 0.5) is 0 Å². The molecular weight excluding hydrogens is 350 g/mol. The van der Waals surface area contributed by atoms with Crippen LogP contribution in [0.25, 0.3) is 11.1 Å². The Bertz CT molecular complexity index is 923. The van der Waals surface area contributed by atoms with Crippen LogP contribution >= 0.6 is 11.6 Å². The number of primary amides is 1. The van der Waals surface area contributed by atoms with Gasteiger partial charge < -0.3 is 15.2 Å². The zero-order valence-corrected chi connectivity index (χ0v) is 15.0. The van der Waals surface area contributed by atoms with Crippen molar-refractivity contribution in [2.75, 3.05) is 7.11 Å². The molecule has 0 radical (unpaired) electrons. The van der Waals surface area contributed by atoms with Gasteiger partial charge in [0.25, 0.3) is 0 Å². The van der Waals surface area contributed by atoms with E-state index < -0.39 is 5.91 Å². The van der Waals surface area contributed by atoms with Gasteiger partial charge in [0.1, 0.15) is 18.1 Å². The van der Waals surface area contributed by atoms with Crippen LogP contribution in [0.5, 0.6) is 11.5 Å². The van der Waals surface area contributed by atoms with Crippen LogP contribution < -0.4 is 15.2 Å². The van der Waals surface area contributed by atoms with Crippen molar-refractivity contribution in [2.45, 2.75) is 6.61 Å². The third-order valence-corrected chi connectivity index (χ3v) is 4.25. The highest BCUT2D eigenvalue weighted by atomic mass is 35.5. The lowest BCUT2D eigenvalue weighted by Gasteiger charge is -2.10. The summed E-state index contributed by atoms with van der Waals surface area (Å²) in [5.41, 5.74) is 8.75. The molecule has 2 N–H and O–H groups in total. The molecule has 0 unspecified atom stereocenters. The second kappa shape index (κ2) is 7.93. The standard InChI is InChI=1S/C21H18ClNO3/c1-25-20-10-7-17(12-19(20)22)16-4-2-3-14(11-16)13-26-18-8-5-15(6-9-18)21(23)24/h2-12H,13H2,1H3,(H2,23,24). The molecule has 0 aromatic heterocycles. The number of hydrogen-bond donors (Lipinski definition) is 1. The Morgan fingerprint density at radius 2 is 1.73 bits per heavy atom. The fourth-order valence-electron chi connectivity index (χ4n) is 2.57. The average Bonchev–Trinajstić information content (AvgIpc) is 2.67. The molecule has 3 aromatic carbocycles. The van der Waals surface area contributed by atoms with Gasteiger partial charge >= 0.3 is 0 Å². The molecule has 0 saturated heterocycles. The maximum Gasteiger partial charge on any atom is 0.248 e. The first kappa shape index (κ1) is 17.8. The summed E-state index contributed by atoms with van der Waals surface area (Å²) < 4.78 is 11.0. The number of ether oxygens (including phenoxy) is 2. The average molecular weight is 368 g/mol. The molecule has 0 fully saturated rings. The minimum atomic E-state index is -0.456. The van der Waals surface area contributed by atoms with Gasteiger partial charge in [-0.25, -0.2) is 0 Å². The Labute approximate surface area is 157 Å². The van der Waals surface area contributed by atoms with Crippen molar-refractivity contribution in [3.05, 3.63) is 82.9 Å². The number of carbonyl (C=O) groups excluding carboxylic acids is 1. The molecule has 3 aromatic rings. The van der Waals surface area contributed by atoms with E-state index in [0.29, 0.717) is 28.7 Å². The largest absolute Gasteiger partial charge is 0.495 e. The van der Waals surface area contributed by atoms with Crippen molar-refractivity contribution in [3.63, 3.8) is 0 Å². The zero-order chi connectivity index (χ0) is 18.5. The van der Waals surface area contributed by atoms with Crippen molar-refractivity contribution in [1.29, 1.82) is 0 Å². The summed E-state index contributed by atoms with van der Waals surface area (Å²) in [6.07, 6.45) is 0. The van der Waals surface area contributed by atoms with Gasteiger partial charge in [0.2, 0.25) is 5.91 Å². The first-order valence-electron chi connectivity index (χ1n) is 8.02. The van der Waals surface area contributed by atoms with E-state index in [1.54, 1.807) is 31.4 Å². The summed E-state index contributed by atoms with van der Waals surface area (Å²) in [5.74, 6) is 0.865. The van der Waals surface area contributed by atoms with Crippen LogP contribution in [-0.4, -0.2) is 13.0 Å². The molecule has 0 heterocycles. The molecule has 0 aliphatic rings. The first-order valence-corrected chi connectivity index (χ1v) is 8.40. The topological polar surface area (TPSA) is 61.6 Å². The number of carbonyl (C=O) groups is 1. The van der Waals surface area contributed by atoms with Gasteiger partial charge in [0, 0.05) is 5.56 Å². The van der Waals surface area contributed by atoms with E-state index in [2.05, 4.69) is 6.07 Å². The predicted molar refractivity (Wildman–Crippen MR) is 103 cm³/mol. The number of halogens is 1. The molecule has 0 aliphatic carbocycles. The van der Waals surface area contributed by atoms with Crippen LogP contribution in [-0.2, 0) is 6.61 Å². The minimum Gasteiger partial charge on any atom is -0.495 e. The normalized spacial score (nSPS) is 10.4. The minimum absolute atomic E-state index is 0.410. The van der Waals surface area contributed by atoms with Gasteiger partial charge in [-0.15, -0.1) is 0 Å². The monoisotopic (exact) mass is 367 g/mol. The van der Waals surface area contributed by atoms with Gasteiger partial charge in [0.05, 0.1) is 12.1 Å². The van der Waals surface area contributed by atoms with E-state index >= 15 is 0 Å². The molecule has 132 valence electrons. The third-order valence-electron chi connectivity index (χ3n) is 3.96. The van der Waals surface area contributed by atoms with Gasteiger partial charge in [-0.3, -0.25) is 4.79 Å². The van der Waals surface area contributed by atoms with Gasteiger partial charge in [-0.1, -0.05) is 35.9 Å². The van der Waals surface area contributed by atoms with E-state index in [0.717, 1.165) is 16.7 Å². The Morgan fingerprint density at radius 3 is 2.38 bits per heavy atom. The number of benzene rings is 3. The Morgan fingerprint density at radius 1 is 1.00 bits per heavy atom. The van der Waals surface area contributed by atoms with Crippen LogP contribution in [0.2, 0.25) is 5.02 Å². The predicted octanol–water partition coefficient (Wildman–Crippen LogP) is 4.69. The van der Waals surface area contributed by atoms with Gasteiger partial charge in [-0.2, -0.15) is 0 Å². The smallest absolute Gasteiger partial charge is 0.248 e. The quantitative estimate of drug-likeness (QED) is 0.687. The Hall–Kier alpha value is -2.98. The first-order chi connectivity index (χ1) is 12.6. The van der Waals surface area contributed by atoms with Crippen molar-refractivity contribution < 1.29 is 14.3 Å². The summed E-state index contributed by atoms with van der Waals surface area (Å²) in [6, 6.07) is 20.5. The van der Waals surface area contributed by atoms with Gasteiger partial charge in [-0.05, 0) is 59.2 Å². The van der Waals surface area contributed by atoms with E-state index in [4.69, 9.17) is 26.8 Å². The molecule has 26 heavy (non-hydrogen) atoms. The van der Waals surface area contributed by atoms with E-state index in [1.165, 1.54) is 0 Å². The molecule has 1 amide bonds. The molecule has 0 saturated carbocycles. The third kappa shape index (κ3) is 4.16. The summed E-state index contributed by atoms with van der Waals surface area (Å²) in [7, 11) is 1.59. The molecule has 0 aliphatic heterocycles. The molecule has 0 spiro atoms. The van der Waals surface area contributed by atoms with E-state index in [9.17, 15) is 4.79 Å². The Kier molecular flexibility index (Phi) is 5.44.